The Hall–Kier alpha value is -4.34. The first-order valence-electron chi connectivity index (χ1n) is 11.8. The molecule has 5 aromatic rings. The molecule has 0 spiro atoms. The molecule has 0 radical (unpaired) electrons. The molecule has 3 aromatic carbocycles. The number of nitrogens with zero attached hydrogens (tertiary/aromatic N) is 3. The predicted molar refractivity (Wildman–Crippen MR) is 152 cm³/mol. The van der Waals surface area contributed by atoms with Gasteiger partial charge in [0.2, 0.25) is 0 Å². The zero-order chi connectivity index (χ0) is 26.3. The van der Waals surface area contributed by atoms with E-state index < -0.39 is 11.0 Å². The molecule has 1 unspecified atom stereocenters. The summed E-state index contributed by atoms with van der Waals surface area (Å²) in [5, 5.41) is 5.15. The molecule has 38 heavy (non-hydrogen) atoms. The van der Waals surface area contributed by atoms with Crippen LogP contribution in [0.1, 0.15) is 15.9 Å². The van der Waals surface area contributed by atoms with E-state index in [4.69, 9.17) is 4.74 Å². The zero-order valence-corrected chi connectivity index (χ0v) is 22.1. The molecule has 2 heterocycles. The highest BCUT2D eigenvalue weighted by Crippen LogP contribution is 2.25. The van der Waals surface area contributed by atoms with Gasteiger partial charge in [-0.2, -0.15) is 0 Å². The molecule has 0 bridgehead atoms. The van der Waals surface area contributed by atoms with E-state index in [9.17, 15) is 9.00 Å². The Morgan fingerprint density at radius 1 is 0.921 bits per heavy atom. The van der Waals surface area contributed by atoms with E-state index in [-0.39, 0.29) is 5.91 Å². The van der Waals surface area contributed by atoms with Gasteiger partial charge in [0.05, 0.1) is 10.6 Å². The number of nitrogens with one attached hydrogen (secondary N) is 1. The summed E-state index contributed by atoms with van der Waals surface area (Å²) >= 11 is 1.33. The second-order valence-corrected chi connectivity index (χ2v) is 10.6. The number of anilines is 2. The van der Waals surface area contributed by atoms with E-state index in [2.05, 4.69) is 15.3 Å². The molecular formula is C29H24N4O3S2. The third-order valence-corrected chi connectivity index (χ3v) is 7.81. The van der Waals surface area contributed by atoms with Crippen LogP contribution >= 0.6 is 11.3 Å². The van der Waals surface area contributed by atoms with Crippen LogP contribution in [0.3, 0.4) is 0 Å². The number of pyridine rings is 1. The molecule has 0 fully saturated rings. The number of aromatic nitrogens is 2. The van der Waals surface area contributed by atoms with Crippen molar-refractivity contribution in [1.82, 2.24) is 9.97 Å². The quantitative estimate of drug-likeness (QED) is 0.241. The van der Waals surface area contributed by atoms with Crippen molar-refractivity contribution in [1.29, 1.82) is 0 Å². The van der Waals surface area contributed by atoms with Crippen molar-refractivity contribution in [3.63, 3.8) is 0 Å². The van der Waals surface area contributed by atoms with Gasteiger partial charge in [0, 0.05) is 29.9 Å². The molecule has 0 aliphatic heterocycles. The lowest BCUT2D eigenvalue weighted by Gasteiger charge is -2.18. The van der Waals surface area contributed by atoms with E-state index in [0.717, 1.165) is 22.7 Å². The monoisotopic (exact) mass is 540 g/mol. The lowest BCUT2D eigenvalue weighted by atomic mass is 10.2. The summed E-state index contributed by atoms with van der Waals surface area (Å²) in [7, 11) is 0.309. The van der Waals surface area contributed by atoms with Crippen molar-refractivity contribution in [2.24, 2.45) is 0 Å². The van der Waals surface area contributed by atoms with E-state index in [1.807, 2.05) is 78.2 Å². The number of ether oxygens (including phenoxy) is 1. The number of hydrogen-bond acceptors (Lipinski definition) is 6. The summed E-state index contributed by atoms with van der Waals surface area (Å²) in [5.41, 5.74) is 3.77. The van der Waals surface area contributed by atoms with Crippen molar-refractivity contribution >= 4 is 39.0 Å². The van der Waals surface area contributed by atoms with Crippen LogP contribution in [0.25, 0.3) is 11.4 Å². The maximum atomic E-state index is 13.1. The number of rotatable bonds is 9. The molecule has 7 nitrogen and oxygen atoms in total. The van der Waals surface area contributed by atoms with Gasteiger partial charge in [0.25, 0.3) is 5.91 Å². The van der Waals surface area contributed by atoms with Crippen molar-refractivity contribution in [2.75, 3.05) is 16.7 Å². The van der Waals surface area contributed by atoms with Crippen LogP contribution < -0.4 is 14.4 Å². The lowest BCUT2D eigenvalue weighted by Crippen LogP contribution is -2.20. The van der Waals surface area contributed by atoms with Gasteiger partial charge in [0.15, 0.2) is 16.1 Å². The number of amides is 1. The van der Waals surface area contributed by atoms with Gasteiger partial charge in [-0.25, -0.2) is 9.19 Å². The normalized spacial score (nSPS) is 11.5. The van der Waals surface area contributed by atoms with Crippen molar-refractivity contribution in [3.8, 4) is 17.1 Å². The first kappa shape index (κ1) is 25.3. The van der Waals surface area contributed by atoms with Crippen LogP contribution in [0.15, 0.2) is 114 Å². The molecule has 5 rings (SSSR count). The Morgan fingerprint density at radius 2 is 1.66 bits per heavy atom. The Balaban J connectivity index is 1.18. The summed E-state index contributed by atoms with van der Waals surface area (Å²) in [6.07, 6.45) is 1.70. The summed E-state index contributed by atoms with van der Waals surface area (Å²) < 4.78 is 20.6. The molecule has 1 atom stereocenters. The van der Waals surface area contributed by atoms with E-state index in [1.54, 1.807) is 41.8 Å². The van der Waals surface area contributed by atoms with Gasteiger partial charge < -0.3 is 4.74 Å². The SMILES string of the molecule is CN(c1ccc(OCc2ccccc2)cc1)S(=O)c1ccc(C(=O)Nc2nc(-c3ccccn3)cs2)cc1. The van der Waals surface area contributed by atoms with Crippen LogP contribution in [-0.4, -0.2) is 27.1 Å². The van der Waals surface area contributed by atoms with Gasteiger partial charge in [-0.3, -0.25) is 19.4 Å². The Bertz CT molecular complexity index is 1520. The molecule has 1 N–H and O–H groups in total. The molecule has 190 valence electrons. The summed E-state index contributed by atoms with van der Waals surface area (Å²) in [6, 6.07) is 29.7. The average Bonchev–Trinajstić information content (AvgIpc) is 3.45. The first-order chi connectivity index (χ1) is 18.6. The highest BCUT2D eigenvalue weighted by atomic mass is 32.2. The third kappa shape index (κ3) is 6.13. The number of carbonyl (C=O) groups excluding carboxylic acids is 1. The average molecular weight is 541 g/mol. The van der Waals surface area contributed by atoms with Crippen molar-refractivity contribution < 1.29 is 13.7 Å². The molecular weight excluding hydrogens is 516 g/mol. The Kier molecular flexibility index (Phi) is 7.86. The molecule has 0 saturated carbocycles. The number of benzene rings is 3. The fourth-order valence-corrected chi connectivity index (χ4v) is 5.30. The second-order valence-electron chi connectivity index (χ2n) is 8.25. The Labute approximate surface area is 227 Å². The highest BCUT2D eigenvalue weighted by molar-refractivity contribution is 7.86. The molecule has 2 aromatic heterocycles. The topological polar surface area (TPSA) is 84.4 Å². The molecule has 9 heteroatoms. The molecule has 1 amide bonds. The van der Waals surface area contributed by atoms with Crippen molar-refractivity contribution in [3.05, 3.63) is 120 Å². The smallest absolute Gasteiger partial charge is 0.257 e. The Morgan fingerprint density at radius 3 is 2.37 bits per heavy atom. The first-order valence-corrected chi connectivity index (χ1v) is 13.8. The number of thiazole rings is 1. The van der Waals surface area contributed by atoms with Gasteiger partial charge >= 0.3 is 0 Å². The molecule has 0 saturated heterocycles. The molecule has 0 aliphatic rings. The fourth-order valence-electron chi connectivity index (χ4n) is 3.60. The minimum absolute atomic E-state index is 0.288. The van der Waals surface area contributed by atoms with E-state index >= 15 is 0 Å². The lowest BCUT2D eigenvalue weighted by molar-refractivity contribution is 0.102. The number of hydrogen-bond donors (Lipinski definition) is 1. The summed E-state index contributed by atoms with van der Waals surface area (Å²) in [5.74, 6) is 0.447. The molecule has 0 aliphatic carbocycles. The largest absolute Gasteiger partial charge is 0.489 e. The van der Waals surface area contributed by atoms with Gasteiger partial charge in [-0.1, -0.05) is 36.4 Å². The maximum Gasteiger partial charge on any atom is 0.257 e. The van der Waals surface area contributed by atoms with Crippen LogP contribution in [0.2, 0.25) is 0 Å². The number of carbonyl (C=O) groups is 1. The fraction of sp³-hybridized carbons (Fsp3) is 0.0690. The minimum Gasteiger partial charge on any atom is -0.489 e. The van der Waals surface area contributed by atoms with E-state index in [0.29, 0.717) is 27.9 Å². The predicted octanol–water partition coefficient (Wildman–Crippen LogP) is 6.20. The highest BCUT2D eigenvalue weighted by Gasteiger charge is 2.15. The standard InChI is InChI=1S/C29H24N4O3S2/c1-33(23-12-14-24(15-13-23)36-19-21-7-3-2-4-8-21)38(35)25-16-10-22(11-17-25)28(34)32-29-31-27(20-37-29)26-9-5-6-18-30-26/h2-18,20H,19H2,1H3,(H,31,32,34). The maximum absolute atomic E-state index is 13.1. The van der Waals surface area contributed by atoms with Crippen LogP contribution in [-0.2, 0) is 17.6 Å². The van der Waals surface area contributed by atoms with Crippen molar-refractivity contribution in [2.45, 2.75) is 11.5 Å². The summed E-state index contributed by atoms with van der Waals surface area (Å²) in [6.45, 7) is 0.482. The summed E-state index contributed by atoms with van der Waals surface area (Å²) in [4.78, 5) is 22.0. The van der Waals surface area contributed by atoms with Gasteiger partial charge in [-0.05, 0) is 66.2 Å². The third-order valence-electron chi connectivity index (χ3n) is 5.67. The van der Waals surface area contributed by atoms with Crippen LogP contribution in [0.5, 0.6) is 5.75 Å². The van der Waals surface area contributed by atoms with E-state index in [1.165, 1.54) is 11.3 Å². The van der Waals surface area contributed by atoms with Gasteiger partial charge in [-0.15, -0.1) is 11.3 Å². The van der Waals surface area contributed by atoms with Gasteiger partial charge in [0.1, 0.15) is 18.1 Å². The van der Waals surface area contributed by atoms with Crippen LogP contribution in [0, 0.1) is 0 Å². The minimum atomic E-state index is -1.45. The van der Waals surface area contributed by atoms with Crippen LogP contribution in [0.4, 0.5) is 10.8 Å². The second kappa shape index (κ2) is 11.8. The zero-order valence-electron chi connectivity index (χ0n) is 20.5.